The molecular weight excluding hydrogens is 324 g/mol. The SMILES string of the molecule is CCOc1ccc(CCNC(=O)C2=NNC(=O)CC2)cc1NC(C)=O. The van der Waals surface area contributed by atoms with Gasteiger partial charge in [-0.2, -0.15) is 5.10 Å². The van der Waals surface area contributed by atoms with Crippen LogP contribution in [0.25, 0.3) is 0 Å². The van der Waals surface area contributed by atoms with E-state index >= 15 is 0 Å². The molecule has 1 aromatic rings. The van der Waals surface area contributed by atoms with Crippen molar-refractivity contribution in [2.45, 2.75) is 33.1 Å². The molecule has 0 saturated carbocycles. The summed E-state index contributed by atoms with van der Waals surface area (Å²) in [7, 11) is 0. The van der Waals surface area contributed by atoms with Crippen molar-refractivity contribution in [2.75, 3.05) is 18.5 Å². The highest BCUT2D eigenvalue weighted by molar-refractivity contribution is 6.39. The third-order valence-electron chi connectivity index (χ3n) is 3.52. The zero-order valence-electron chi connectivity index (χ0n) is 14.3. The van der Waals surface area contributed by atoms with Crippen LogP contribution in [-0.2, 0) is 20.8 Å². The molecule has 0 saturated heterocycles. The van der Waals surface area contributed by atoms with Gasteiger partial charge >= 0.3 is 0 Å². The maximum absolute atomic E-state index is 12.0. The lowest BCUT2D eigenvalue weighted by Crippen LogP contribution is -2.37. The maximum atomic E-state index is 12.0. The molecule has 8 heteroatoms. The van der Waals surface area contributed by atoms with Gasteiger partial charge in [-0.25, -0.2) is 5.43 Å². The highest BCUT2D eigenvalue weighted by atomic mass is 16.5. The second kappa shape index (κ2) is 8.81. The summed E-state index contributed by atoms with van der Waals surface area (Å²) in [5, 5.41) is 9.28. The summed E-state index contributed by atoms with van der Waals surface area (Å²) in [6.45, 7) is 4.23. The first kappa shape index (κ1) is 18.4. The molecule has 1 heterocycles. The summed E-state index contributed by atoms with van der Waals surface area (Å²) < 4.78 is 5.49. The summed E-state index contributed by atoms with van der Waals surface area (Å²) in [6, 6.07) is 5.52. The van der Waals surface area contributed by atoms with Crippen molar-refractivity contribution >= 4 is 29.1 Å². The Kier molecular flexibility index (Phi) is 6.50. The number of ether oxygens (including phenoxy) is 1. The number of carbonyl (C=O) groups excluding carboxylic acids is 3. The van der Waals surface area contributed by atoms with E-state index in [1.165, 1.54) is 6.92 Å². The van der Waals surface area contributed by atoms with Gasteiger partial charge in [-0.15, -0.1) is 0 Å². The number of nitrogens with zero attached hydrogens (tertiary/aromatic N) is 1. The number of nitrogens with one attached hydrogen (secondary N) is 3. The predicted molar refractivity (Wildman–Crippen MR) is 93.4 cm³/mol. The van der Waals surface area contributed by atoms with E-state index in [9.17, 15) is 14.4 Å². The van der Waals surface area contributed by atoms with Gasteiger partial charge < -0.3 is 15.4 Å². The Morgan fingerprint density at radius 3 is 2.76 bits per heavy atom. The number of hydrazone groups is 1. The number of hydrogen-bond acceptors (Lipinski definition) is 5. The van der Waals surface area contributed by atoms with Gasteiger partial charge in [-0.3, -0.25) is 14.4 Å². The Morgan fingerprint density at radius 1 is 1.32 bits per heavy atom. The quantitative estimate of drug-likeness (QED) is 0.683. The van der Waals surface area contributed by atoms with E-state index < -0.39 is 0 Å². The molecule has 0 bridgehead atoms. The van der Waals surface area contributed by atoms with Gasteiger partial charge in [0, 0.05) is 26.3 Å². The Balaban J connectivity index is 1.92. The first-order valence-electron chi connectivity index (χ1n) is 8.16. The molecule has 8 nitrogen and oxygen atoms in total. The number of hydrogen-bond donors (Lipinski definition) is 3. The van der Waals surface area contributed by atoms with Crippen LogP contribution in [0, 0.1) is 0 Å². The van der Waals surface area contributed by atoms with Crippen molar-refractivity contribution in [3.63, 3.8) is 0 Å². The molecule has 1 aliphatic heterocycles. The molecule has 0 atom stereocenters. The summed E-state index contributed by atoms with van der Waals surface area (Å²) in [6.07, 6.45) is 1.20. The van der Waals surface area contributed by atoms with Crippen LogP contribution in [0.1, 0.15) is 32.3 Å². The van der Waals surface area contributed by atoms with E-state index in [2.05, 4.69) is 21.2 Å². The van der Waals surface area contributed by atoms with Crippen molar-refractivity contribution in [2.24, 2.45) is 5.10 Å². The number of amides is 3. The van der Waals surface area contributed by atoms with Crippen LogP contribution in [0.3, 0.4) is 0 Å². The van der Waals surface area contributed by atoms with Gasteiger partial charge in [0.05, 0.1) is 12.3 Å². The van der Waals surface area contributed by atoms with E-state index in [0.29, 0.717) is 43.1 Å². The summed E-state index contributed by atoms with van der Waals surface area (Å²) in [4.78, 5) is 34.3. The molecule has 25 heavy (non-hydrogen) atoms. The van der Waals surface area contributed by atoms with Gasteiger partial charge in [-0.05, 0) is 31.0 Å². The molecule has 3 amide bonds. The molecular formula is C17H22N4O4. The third-order valence-corrected chi connectivity index (χ3v) is 3.52. The Morgan fingerprint density at radius 2 is 2.12 bits per heavy atom. The largest absolute Gasteiger partial charge is 0.492 e. The van der Waals surface area contributed by atoms with Crippen LogP contribution in [0.4, 0.5) is 5.69 Å². The topological polar surface area (TPSA) is 109 Å². The monoisotopic (exact) mass is 346 g/mol. The highest BCUT2D eigenvalue weighted by Gasteiger charge is 2.17. The fourth-order valence-electron chi connectivity index (χ4n) is 2.36. The minimum absolute atomic E-state index is 0.177. The molecule has 0 aliphatic carbocycles. The molecule has 0 unspecified atom stereocenters. The maximum Gasteiger partial charge on any atom is 0.267 e. The highest BCUT2D eigenvalue weighted by Crippen LogP contribution is 2.26. The van der Waals surface area contributed by atoms with Gasteiger partial charge in [0.25, 0.3) is 5.91 Å². The van der Waals surface area contributed by atoms with Crippen molar-refractivity contribution in [3.8, 4) is 5.75 Å². The van der Waals surface area contributed by atoms with Crippen LogP contribution in [-0.4, -0.2) is 36.6 Å². The summed E-state index contributed by atoms with van der Waals surface area (Å²) in [5.74, 6) is -0.0361. The third kappa shape index (κ3) is 5.59. The molecule has 0 radical (unpaired) electrons. The first-order valence-corrected chi connectivity index (χ1v) is 8.16. The van der Waals surface area contributed by atoms with Gasteiger partial charge in [-0.1, -0.05) is 6.07 Å². The predicted octanol–water partition coefficient (Wildman–Crippen LogP) is 0.968. The second-order valence-corrected chi connectivity index (χ2v) is 5.54. The molecule has 134 valence electrons. The van der Waals surface area contributed by atoms with Crippen molar-refractivity contribution in [3.05, 3.63) is 23.8 Å². The molecule has 1 aromatic carbocycles. The van der Waals surface area contributed by atoms with Crippen LogP contribution in [0.15, 0.2) is 23.3 Å². The first-order chi connectivity index (χ1) is 12.0. The van der Waals surface area contributed by atoms with Crippen LogP contribution >= 0.6 is 0 Å². The van der Waals surface area contributed by atoms with Crippen LogP contribution < -0.4 is 20.8 Å². The minimum Gasteiger partial charge on any atom is -0.492 e. The molecule has 1 aliphatic rings. The molecule has 0 fully saturated rings. The summed E-state index contributed by atoms with van der Waals surface area (Å²) >= 11 is 0. The normalized spacial score (nSPS) is 13.5. The molecule has 2 rings (SSSR count). The number of benzene rings is 1. The van der Waals surface area contributed by atoms with Crippen molar-refractivity contribution in [1.82, 2.24) is 10.7 Å². The van der Waals surface area contributed by atoms with E-state index in [1.807, 2.05) is 19.1 Å². The second-order valence-electron chi connectivity index (χ2n) is 5.54. The number of anilines is 1. The van der Waals surface area contributed by atoms with Crippen LogP contribution in [0.5, 0.6) is 5.75 Å². The zero-order valence-corrected chi connectivity index (χ0v) is 14.3. The standard InChI is InChI=1S/C17H22N4O4/c1-3-25-15-6-4-12(10-14(15)19-11(2)22)8-9-18-17(24)13-5-7-16(23)21-20-13/h4,6,10H,3,5,7-9H2,1-2H3,(H,18,24)(H,19,22)(H,21,23). The van der Waals surface area contributed by atoms with Crippen molar-refractivity contribution in [1.29, 1.82) is 0 Å². The van der Waals surface area contributed by atoms with Gasteiger partial charge in [0.1, 0.15) is 11.5 Å². The lowest BCUT2D eigenvalue weighted by molar-refractivity contribution is -0.121. The van der Waals surface area contributed by atoms with E-state index in [4.69, 9.17) is 4.74 Å². The fraction of sp³-hybridized carbons (Fsp3) is 0.412. The lowest BCUT2D eigenvalue weighted by Gasteiger charge is -2.14. The van der Waals surface area contributed by atoms with Crippen molar-refractivity contribution < 1.29 is 19.1 Å². The summed E-state index contributed by atoms with van der Waals surface area (Å²) in [5.41, 5.74) is 4.18. The molecule has 3 N–H and O–H groups in total. The van der Waals surface area contributed by atoms with E-state index in [1.54, 1.807) is 6.07 Å². The Bertz CT molecular complexity index is 700. The smallest absolute Gasteiger partial charge is 0.267 e. The number of carbonyl (C=O) groups is 3. The van der Waals surface area contributed by atoms with Gasteiger partial charge in [0.15, 0.2) is 0 Å². The van der Waals surface area contributed by atoms with Crippen LogP contribution in [0.2, 0.25) is 0 Å². The Hall–Kier alpha value is -2.90. The zero-order chi connectivity index (χ0) is 18.2. The Labute approximate surface area is 146 Å². The molecule has 0 spiro atoms. The molecule has 0 aromatic heterocycles. The van der Waals surface area contributed by atoms with E-state index in [0.717, 1.165) is 5.56 Å². The minimum atomic E-state index is -0.284. The lowest BCUT2D eigenvalue weighted by atomic mass is 10.1. The number of rotatable bonds is 7. The average molecular weight is 346 g/mol. The fourth-order valence-corrected chi connectivity index (χ4v) is 2.36. The van der Waals surface area contributed by atoms with E-state index in [-0.39, 0.29) is 24.1 Å². The van der Waals surface area contributed by atoms with Gasteiger partial charge in [0.2, 0.25) is 11.8 Å². The average Bonchev–Trinajstić information content (AvgIpc) is 2.57.